The van der Waals surface area contributed by atoms with E-state index in [1.807, 2.05) is 18.2 Å². The molecule has 0 aliphatic carbocycles. The SMILES string of the molecule is COc1ccc(CCN(C(=O)c2ccc(Cl)cc2)[C@@H]2CC(=O)N(c3ccccc3)C2=O)cc1OC. The van der Waals surface area contributed by atoms with E-state index >= 15 is 0 Å². The third-order valence-corrected chi connectivity index (χ3v) is 6.21. The van der Waals surface area contributed by atoms with Crippen molar-refractivity contribution in [1.82, 2.24) is 4.90 Å². The number of benzene rings is 3. The summed E-state index contributed by atoms with van der Waals surface area (Å²) in [5.74, 6) is 0.0635. The number of carbonyl (C=O) groups is 3. The van der Waals surface area contributed by atoms with Crippen LogP contribution in [0.4, 0.5) is 5.69 Å². The van der Waals surface area contributed by atoms with Crippen molar-refractivity contribution in [3.05, 3.63) is 88.9 Å². The number of para-hydroxylation sites is 1. The van der Waals surface area contributed by atoms with Crippen LogP contribution in [-0.2, 0) is 16.0 Å². The molecule has 4 rings (SSSR count). The van der Waals surface area contributed by atoms with Crippen molar-refractivity contribution in [2.75, 3.05) is 25.7 Å². The van der Waals surface area contributed by atoms with Crippen LogP contribution in [0, 0.1) is 0 Å². The van der Waals surface area contributed by atoms with E-state index in [9.17, 15) is 14.4 Å². The zero-order valence-electron chi connectivity index (χ0n) is 19.4. The van der Waals surface area contributed by atoms with Crippen molar-refractivity contribution in [2.45, 2.75) is 18.9 Å². The Hall–Kier alpha value is -3.84. The number of carbonyl (C=O) groups excluding carboxylic acids is 3. The molecule has 180 valence electrons. The molecule has 1 aliphatic rings. The van der Waals surface area contributed by atoms with Crippen LogP contribution in [0.1, 0.15) is 22.3 Å². The molecule has 1 heterocycles. The molecule has 3 aromatic rings. The van der Waals surface area contributed by atoms with Crippen molar-refractivity contribution in [3.8, 4) is 11.5 Å². The average Bonchev–Trinajstić information content (AvgIpc) is 3.18. The van der Waals surface area contributed by atoms with Crippen molar-refractivity contribution in [1.29, 1.82) is 0 Å². The number of halogens is 1. The number of amides is 3. The Labute approximate surface area is 208 Å². The van der Waals surface area contributed by atoms with E-state index in [1.54, 1.807) is 68.8 Å². The second-order valence-electron chi connectivity index (χ2n) is 8.07. The van der Waals surface area contributed by atoms with Crippen LogP contribution in [-0.4, -0.2) is 49.4 Å². The molecule has 0 N–H and O–H groups in total. The standard InChI is InChI=1S/C27H25ClN2O5/c1-34-23-13-8-18(16-24(23)35-2)14-15-29(26(32)19-9-11-20(28)12-10-19)22-17-25(31)30(27(22)33)21-6-4-3-5-7-21/h3-13,16,22H,14-15,17H2,1-2H3/t22-/m1/s1. The van der Waals surface area contributed by atoms with Crippen molar-refractivity contribution >= 4 is 35.0 Å². The maximum atomic E-state index is 13.5. The van der Waals surface area contributed by atoms with Crippen molar-refractivity contribution < 1.29 is 23.9 Å². The van der Waals surface area contributed by atoms with Gasteiger partial charge < -0.3 is 14.4 Å². The van der Waals surface area contributed by atoms with Gasteiger partial charge in [-0.15, -0.1) is 0 Å². The van der Waals surface area contributed by atoms with Gasteiger partial charge in [-0.2, -0.15) is 0 Å². The minimum absolute atomic E-state index is 0.0843. The van der Waals surface area contributed by atoms with Gasteiger partial charge in [-0.25, -0.2) is 4.90 Å². The molecule has 35 heavy (non-hydrogen) atoms. The smallest absolute Gasteiger partial charge is 0.257 e. The van der Waals surface area contributed by atoms with Gasteiger partial charge >= 0.3 is 0 Å². The van der Waals surface area contributed by atoms with Gasteiger partial charge in [-0.3, -0.25) is 14.4 Å². The van der Waals surface area contributed by atoms with Crippen LogP contribution in [0.15, 0.2) is 72.8 Å². The van der Waals surface area contributed by atoms with E-state index in [2.05, 4.69) is 0 Å². The Morgan fingerprint density at radius 2 is 1.66 bits per heavy atom. The third kappa shape index (κ3) is 5.15. The highest BCUT2D eigenvalue weighted by Crippen LogP contribution is 2.29. The van der Waals surface area contributed by atoms with E-state index in [-0.39, 0.29) is 24.8 Å². The summed E-state index contributed by atoms with van der Waals surface area (Å²) in [6.07, 6.45) is 0.363. The summed E-state index contributed by atoms with van der Waals surface area (Å²) in [6.45, 7) is 0.225. The maximum Gasteiger partial charge on any atom is 0.257 e. The zero-order chi connectivity index (χ0) is 24.9. The molecule has 7 nitrogen and oxygen atoms in total. The lowest BCUT2D eigenvalue weighted by Gasteiger charge is -2.28. The molecule has 1 atom stereocenters. The normalized spacial score (nSPS) is 15.3. The number of nitrogens with zero attached hydrogens (tertiary/aromatic N) is 2. The summed E-state index contributed by atoms with van der Waals surface area (Å²) in [5.41, 5.74) is 1.78. The fourth-order valence-corrected chi connectivity index (χ4v) is 4.28. The van der Waals surface area contributed by atoms with Gasteiger partial charge in [0.1, 0.15) is 6.04 Å². The number of imide groups is 1. The molecule has 0 bridgehead atoms. The Morgan fingerprint density at radius 1 is 0.971 bits per heavy atom. The van der Waals surface area contributed by atoms with Crippen LogP contribution in [0.25, 0.3) is 0 Å². The first kappa shape index (κ1) is 24.3. The summed E-state index contributed by atoms with van der Waals surface area (Å²) in [4.78, 5) is 42.4. The van der Waals surface area contributed by atoms with E-state index in [1.165, 1.54) is 4.90 Å². The fourth-order valence-electron chi connectivity index (χ4n) is 4.15. The first-order chi connectivity index (χ1) is 16.9. The molecule has 0 unspecified atom stereocenters. The number of anilines is 1. The number of ether oxygens (including phenoxy) is 2. The van der Waals surface area contributed by atoms with Crippen LogP contribution < -0.4 is 14.4 Å². The molecule has 0 saturated carbocycles. The Balaban J connectivity index is 1.63. The number of hydrogen-bond acceptors (Lipinski definition) is 5. The summed E-state index contributed by atoms with van der Waals surface area (Å²) in [6, 6.07) is 19.8. The fraction of sp³-hybridized carbons (Fsp3) is 0.222. The molecule has 0 spiro atoms. The summed E-state index contributed by atoms with van der Waals surface area (Å²) >= 11 is 5.99. The van der Waals surface area contributed by atoms with E-state index in [4.69, 9.17) is 21.1 Å². The molecular formula is C27H25ClN2O5. The highest BCUT2D eigenvalue weighted by atomic mass is 35.5. The number of methoxy groups -OCH3 is 2. The van der Waals surface area contributed by atoms with Crippen LogP contribution in [0.2, 0.25) is 5.02 Å². The molecular weight excluding hydrogens is 468 g/mol. The highest BCUT2D eigenvalue weighted by molar-refractivity contribution is 6.30. The van der Waals surface area contributed by atoms with Crippen LogP contribution >= 0.6 is 11.6 Å². The predicted octanol–water partition coefficient (Wildman–Crippen LogP) is 4.37. The van der Waals surface area contributed by atoms with E-state index in [0.717, 1.165) is 10.5 Å². The zero-order valence-corrected chi connectivity index (χ0v) is 20.2. The topological polar surface area (TPSA) is 76.2 Å². The Morgan fingerprint density at radius 3 is 2.31 bits per heavy atom. The average molecular weight is 493 g/mol. The second-order valence-corrected chi connectivity index (χ2v) is 8.50. The first-order valence-corrected chi connectivity index (χ1v) is 11.5. The lowest BCUT2D eigenvalue weighted by molar-refractivity contribution is -0.122. The summed E-state index contributed by atoms with van der Waals surface area (Å²) in [5, 5.41) is 0.501. The summed E-state index contributed by atoms with van der Waals surface area (Å²) < 4.78 is 10.7. The van der Waals surface area contributed by atoms with Crippen molar-refractivity contribution in [2.24, 2.45) is 0 Å². The number of hydrogen-bond donors (Lipinski definition) is 0. The van der Waals surface area contributed by atoms with Gasteiger partial charge in [0.2, 0.25) is 5.91 Å². The molecule has 1 aliphatic heterocycles. The van der Waals surface area contributed by atoms with Gasteiger partial charge in [-0.05, 0) is 60.5 Å². The molecule has 0 radical (unpaired) electrons. The Kier molecular flexibility index (Phi) is 7.36. The van der Waals surface area contributed by atoms with Gasteiger partial charge in [0.15, 0.2) is 11.5 Å². The minimum atomic E-state index is -0.911. The third-order valence-electron chi connectivity index (χ3n) is 5.95. The lowest BCUT2D eigenvalue weighted by Crippen LogP contribution is -2.46. The molecule has 3 aromatic carbocycles. The van der Waals surface area contributed by atoms with Gasteiger partial charge in [0.25, 0.3) is 11.8 Å². The molecule has 8 heteroatoms. The Bertz CT molecular complexity index is 1230. The largest absolute Gasteiger partial charge is 0.493 e. The van der Waals surface area contributed by atoms with E-state index in [0.29, 0.717) is 34.2 Å². The lowest BCUT2D eigenvalue weighted by atomic mass is 10.1. The molecule has 1 saturated heterocycles. The van der Waals surface area contributed by atoms with Gasteiger partial charge in [-0.1, -0.05) is 35.9 Å². The van der Waals surface area contributed by atoms with E-state index < -0.39 is 11.9 Å². The predicted molar refractivity (Wildman–Crippen MR) is 133 cm³/mol. The number of rotatable bonds is 8. The first-order valence-electron chi connectivity index (χ1n) is 11.1. The van der Waals surface area contributed by atoms with Crippen LogP contribution in [0.5, 0.6) is 11.5 Å². The van der Waals surface area contributed by atoms with Crippen molar-refractivity contribution in [3.63, 3.8) is 0 Å². The second kappa shape index (κ2) is 10.6. The quantitative estimate of drug-likeness (QED) is 0.436. The highest BCUT2D eigenvalue weighted by Gasteiger charge is 2.44. The molecule has 0 aromatic heterocycles. The summed E-state index contributed by atoms with van der Waals surface area (Å²) in [7, 11) is 3.12. The monoisotopic (exact) mass is 492 g/mol. The minimum Gasteiger partial charge on any atom is -0.493 e. The molecule has 3 amide bonds. The van der Waals surface area contributed by atoms with Gasteiger partial charge in [0, 0.05) is 17.1 Å². The maximum absolute atomic E-state index is 13.5. The van der Waals surface area contributed by atoms with Gasteiger partial charge in [0.05, 0.1) is 26.3 Å². The van der Waals surface area contributed by atoms with Crippen LogP contribution in [0.3, 0.4) is 0 Å². The molecule has 1 fully saturated rings.